The Kier molecular flexibility index (Phi) is 4.39. The summed E-state index contributed by atoms with van der Waals surface area (Å²) in [5, 5.41) is 2.90. The Balaban J connectivity index is 1.71. The first-order valence-corrected chi connectivity index (χ1v) is 10.3. The number of rotatable bonds is 4. The highest BCUT2D eigenvalue weighted by Crippen LogP contribution is 2.34. The molecule has 1 aliphatic carbocycles. The van der Waals surface area contributed by atoms with Crippen LogP contribution in [-0.2, 0) is 14.6 Å². The number of sulfone groups is 1. The second-order valence-electron chi connectivity index (χ2n) is 6.91. The lowest BCUT2D eigenvalue weighted by Gasteiger charge is -2.32. The van der Waals surface area contributed by atoms with Crippen LogP contribution >= 0.6 is 0 Å². The van der Waals surface area contributed by atoms with Gasteiger partial charge in [-0.1, -0.05) is 26.2 Å². The third-order valence-electron chi connectivity index (χ3n) is 5.41. The lowest BCUT2D eigenvalue weighted by atomic mass is 9.82. The summed E-state index contributed by atoms with van der Waals surface area (Å²) >= 11 is 0. The Bertz CT molecular complexity index is 598. The first kappa shape index (κ1) is 16.7. The van der Waals surface area contributed by atoms with Crippen LogP contribution in [0, 0.1) is 0 Å². The molecule has 1 N–H and O–H groups in total. The molecule has 0 aromatic heterocycles. The van der Waals surface area contributed by atoms with E-state index in [0.717, 1.165) is 19.3 Å². The summed E-state index contributed by atoms with van der Waals surface area (Å²) in [7, 11) is -2.98. The third-order valence-corrected chi connectivity index (χ3v) is 7.16. The van der Waals surface area contributed by atoms with Gasteiger partial charge >= 0.3 is 6.03 Å². The molecule has 2 aliphatic heterocycles. The van der Waals surface area contributed by atoms with E-state index in [4.69, 9.17) is 0 Å². The highest BCUT2D eigenvalue weighted by Gasteiger charge is 2.51. The predicted octanol–water partition coefficient (Wildman–Crippen LogP) is 0.708. The molecule has 1 unspecified atom stereocenters. The highest BCUT2D eigenvalue weighted by molar-refractivity contribution is 7.91. The molecular weight excluding hydrogens is 318 g/mol. The van der Waals surface area contributed by atoms with Crippen molar-refractivity contribution in [1.82, 2.24) is 15.1 Å². The molecule has 8 heteroatoms. The average Bonchev–Trinajstić information content (AvgIpc) is 2.97. The number of carbonyl (C=O) groups is 2. The molecule has 0 aromatic carbocycles. The van der Waals surface area contributed by atoms with Gasteiger partial charge in [-0.3, -0.25) is 9.69 Å². The smallest absolute Gasteiger partial charge is 0.323 e. The molecule has 23 heavy (non-hydrogen) atoms. The van der Waals surface area contributed by atoms with Gasteiger partial charge in [-0.05, 0) is 25.8 Å². The zero-order valence-corrected chi connectivity index (χ0v) is 14.4. The largest absolute Gasteiger partial charge is 0.326 e. The molecule has 3 amide bonds. The Morgan fingerprint density at radius 3 is 2.52 bits per heavy atom. The topological polar surface area (TPSA) is 86.8 Å². The minimum atomic E-state index is -2.98. The van der Waals surface area contributed by atoms with Crippen molar-refractivity contribution in [3.8, 4) is 0 Å². The number of carbonyl (C=O) groups excluding carboxylic acids is 2. The first-order chi connectivity index (χ1) is 10.9. The van der Waals surface area contributed by atoms with Gasteiger partial charge in [-0.2, -0.15) is 0 Å². The Labute approximate surface area is 137 Å². The van der Waals surface area contributed by atoms with Gasteiger partial charge in [-0.15, -0.1) is 0 Å². The quantitative estimate of drug-likeness (QED) is 0.760. The summed E-state index contributed by atoms with van der Waals surface area (Å²) in [5.74, 6) is 0.176. The summed E-state index contributed by atoms with van der Waals surface area (Å²) in [4.78, 5) is 28.3. The van der Waals surface area contributed by atoms with Crippen LogP contribution < -0.4 is 5.32 Å². The fourth-order valence-electron chi connectivity index (χ4n) is 4.02. The van der Waals surface area contributed by atoms with Crippen molar-refractivity contribution >= 4 is 21.8 Å². The third kappa shape index (κ3) is 3.10. The molecular formula is C15H25N3O4S. The van der Waals surface area contributed by atoms with Crippen LogP contribution in [0.2, 0.25) is 0 Å². The number of urea groups is 1. The van der Waals surface area contributed by atoms with E-state index in [-0.39, 0.29) is 36.2 Å². The van der Waals surface area contributed by atoms with E-state index < -0.39 is 15.4 Å². The second kappa shape index (κ2) is 6.05. The molecule has 7 nitrogen and oxygen atoms in total. The van der Waals surface area contributed by atoms with E-state index in [1.165, 1.54) is 4.90 Å². The standard InChI is InChI=1S/C15H25N3O4S/c1-2-17(12-6-9-23(21,22)10-12)11-18-13(19)15(16-14(18)20)7-4-3-5-8-15/h12H,2-11H2,1H3,(H,16,20). The van der Waals surface area contributed by atoms with Crippen LogP contribution in [0.4, 0.5) is 4.79 Å². The number of imide groups is 1. The van der Waals surface area contributed by atoms with Crippen LogP contribution in [0.5, 0.6) is 0 Å². The van der Waals surface area contributed by atoms with Gasteiger partial charge in [0.15, 0.2) is 9.84 Å². The summed E-state index contributed by atoms with van der Waals surface area (Å²) < 4.78 is 23.4. The molecule has 1 spiro atoms. The van der Waals surface area contributed by atoms with E-state index in [1.54, 1.807) is 0 Å². The SMILES string of the molecule is CCN(CN1C(=O)NC2(CCCCC2)C1=O)C1CCS(=O)(=O)C1. The molecule has 2 saturated heterocycles. The monoisotopic (exact) mass is 343 g/mol. The predicted molar refractivity (Wildman–Crippen MR) is 85.5 cm³/mol. The zero-order valence-electron chi connectivity index (χ0n) is 13.6. The molecule has 0 bridgehead atoms. The molecule has 1 saturated carbocycles. The molecule has 3 rings (SSSR count). The van der Waals surface area contributed by atoms with Crippen molar-refractivity contribution in [2.75, 3.05) is 24.7 Å². The normalized spacial score (nSPS) is 29.5. The number of hydrogen-bond donors (Lipinski definition) is 1. The van der Waals surface area contributed by atoms with Gasteiger partial charge in [0.2, 0.25) is 0 Å². The van der Waals surface area contributed by atoms with Crippen molar-refractivity contribution in [1.29, 1.82) is 0 Å². The minimum Gasteiger partial charge on any atom is -0.323 e. The Morgan fingerprint density at radius 1 is 1.26 bits per heavy atom. The molecule has 0 aromatic rings. The first-order valence-electron chi connectivity index (χ1n) is 8.45. The van der Waals surface area contributed by atoms with Gasteiger partial charge < -0.3 is 5.32 Å². The van der Waals surface area contributed by atoms with Crippen LogP contribution in [0.15, 0.2) is 0 Å². The van der Waals surface area contributed by atoms with Gasteiger partial charge in [0, 0.05) is 6.04 Å². The van der Waals surface area contributed by atoms with E-state index in [9.17, 15) is 18.0 Å². The van der Waals surface area contributed by atoms with Crippen LogP contribution in [0.1, 0.15) is 45.4 Å². The van der Waals surface area contributed by atoms with Crippen molar-refractivity contribution in [2.24, 2.45) is 0 Å². The molecule has 0 radical (unpaired) electrons. The number of nitrogens with zero attached hydrogens (tertiary/aromatic N) is 2. The van der Waals surface area contributed by atoms with Crippen LogP contribution in [0.25, 0.3) is 0 Å². The maximum absolute atomic E-state index is 12.8. The summed E-state index contributed by atoms with van der Waals surface area (Å²) in [6, 6.07) is -0.440. The maximum Gasteiger partial charge on any atom is 0.326 e. The average molecular weight is 343 g/mol. The van der Waals surface area contributed by atoms with Crippen molar-refractivity contribution < 1.29 is 18.0 Å². The lowest BCUT2D eigenvalue weighted by molar-refractivity contribution is -0.134. The van der Waals surface area contributed by atoms with E-state index >= 15 is 0 Å². The van der Waals surface area contributed by atoms with Crippen molar-refractivity contribution in [3.63, 3.8) is 0 Å². The van der Waals surface area contributed by atoms with Crippen LogP contribution in [0.3, 0.4) is 0 Å². The maximum atomic E-state index is 12.8. The van der Waals surface area contributed by atoms with Crippen molar-refractivity contribution in [3.05, 3.63) is 0 Å². The number of nitrogens with one attached hydrogen (secondary N) is 1. The zero-order chi connectivity index (χ0) is 16.7. The molecule has 130 valence electrons. The molecule has 3 aliphatic rings. The highest BCUT2D eigenvalue weighted by atomic mass is 32.2. The molecule has 1 atom stereocenters. The Hall–Kier alpha value is -1.15. The second-order valence-corrected chi connectivity index (χ2v) is 9.14. The van der Waals surface area contributed by atoms with Gasteiger partial charge in [0.1, 0.15) is 5.54 Å². The minimum absolute atomic E-state index is 0.103. The molecule has 2 heterocycles. The summed E-state index contributed by atoms with van der Waals surface area (Å²) in [6.45, 7) is 2.73. The summed E-state index contributed by atoms with van der Waals surface area (Å²) in [5.41, 5.74) is -0.712. The van der Waals surface area contributed by atoms with E-state index in [1.807, 2.05) is 11.8 Å². The number of hydrogen-bond acceptors (Lipinski definition) is 5. The summed E-state index contributed by atoms with van der Waals surface area (Å²) in [6.07, 6.45) is 5.00. The van der Waals surface area contributed by atoms with Crippen molar-refractivity contribution in [2.45, 2.75) is 57.0 Å². The van der Waals surface area contributed by atoms with E-state index in [2.05, 4.69) is 5.32 Å². The molecule has 3 fully saturated rings. The fourth-order valence-corrected chi connectivity index (χ4v) is 5.78. The number of amides is 3. The van der Waals surface area contributed by atoms with Crippen LogP contribution in [-0.4, -0.2) is 66.5 Å². The van der Waals surface area contributed by atoms with Gasteiger partial charge in [0.05, 0.1) is 18.2 Å². The lowest BCUT2D eigenvalue weighted by Crippen LogP contribution is -2.50. The van der Waals surface area contributed by atoms with Gasteiger partial charge in [-0.25, -0.2) is 18.1 Å². The van der Waals surface area contributed by atoms with Gasteiger partial charge in [0.25, 0.3) is 5.91 Å². The fraction of sp³-hybridized carbons (Fsp3) is 0.867. The van der Waals surface area contributed by atoms with E-state index in [0.29, 0.717) is 25.8 Å². The Morgan fingerprint density at radius 2 is 1.96 bits per heavy atom.